The fourth-order valence-corrected chi connectivity index (χ4v) is 5.01. The average molecular weight is 380 g/mol. The van der Waals surface area contributed by atoms with Gasteiger partial charge in [0.15, 0.2) is 11.5 Å². The van der Waals surface area contributed by atoms with Crippen molar-refractivity contribution in [3.8, 4) is 11.5 Å². The van der Waals surface area contributed by atoms with Gasteiger partial charge in [0.05, 0.1) is 12.5 Å². The third-order valence-electron chi connectivity index (χ3n) is 5.10. The van der Waals surface area contributed by atoms with Gasteiger partial charge in [0.2, 0.25) is 0 Å². The lowest BCUT2D eigenvalue weighted by Crippen LogP contribution is -2.08. The molecule has 0 spiro atoms. The highest BCUT2D eigenvalue weighted by Gasteiger charge is 2.23. The third-order valence-corrected chi connectivity index (χ3v) is 6.27. The van der Waals surface area contributed by atoms with Crippen molar-refractivity contribution < 1.29 is 9.47 Å². The van der Waals surface area contributed by atoms with Crippen molar-refractivity contribution in [3.05, 3.63) is 46.9 Å². The minimum Gasteiger partial charge on any atom is -0.497 e. The van der Waals surface area contributed by atoms with E-state index in [2.05, 4.69) is 17.0 Å². The Kier molecular flexibility index (Phi) is 3.97. The lowest BCUT2D eigenvalue weighted by atomic mass is 9.89. The number of fused-ring (bicyclic) bond motifs is 5. The largest absolute Gasteiger partial charge is 0.497 e. The molecule has 1 aliphatic carbocycles. The normalized spacial score (nSPS) is 16.6. The van der Waals surface area contributed by atoms with Crippen LogP contribution in [0.25, 0.3) is 15.9 Å². The molecule has 6 nitrogen and oxygen atoms in total. The maximum absolute atomic E-state index is 5.83. The van der Waals surface area contributed by atoms with Gasteiger partial charge in [-0.05, 0) is 55.0 Å². The molecule has 1 aliphatic rings. The standard InChI is InChI=1S/C20H20N4O2S/c1-12-3-8-15-16(9-12)27-20-18(15)19-22-17(23-24(19)11-21-20)10-26-14-6-4-13(25-2)5-7-14/h4-7,11-12H,3,8-10H2,1-2H3/t12-/m0/s1. The highest BCUT2D eigenvalue weighted by molar-refractivity contribution is 7.19. The second-order valence-electron chi connectivity index (χ2n) is 7.04. The summed E-state index contributed by atoms with van der Waals surface area (Å²) >= 11 is 1.81. The number of hydrogen-bond acceptors (Lipinski definition) is 6. The summed E-state index contributed by atoms with van der Waals surface area (Å²) in [6.07, 6.45) is 5.22. The molecule has 0 radical (unpaired) electrons. The van der Waals surface area contributed by atoms with Gasteiger partial charge in [0.1, 0.15) is 29.3 Å². The van der Waals surface area contributed by atoms with E-state index in [4.69, 9.17) is 14.5 Å². The highest BCUT2D eigenvalue weighted by Crippen LogP contribution is 2.38. The molecule has 7 heteroatoms. The number of aromatic nitrogens is 4. The Labute approximate surface area is 160 Å². The SMILES string of the molecule is COc1ccc(OCc2nc3c4c5c(sc4ncn3n2)C[C@@H](C)CC5)cc1. The zero-order valence-electron chi connectivity index (χ0n) is 15.3. The van der Waals surface area contributed by atoms with Crippen LogP contribution in [0.4, 0.5) is 0 Å². The Bertz CT molecular complexity index is 1120. The van der Waals surface area contributed by atoms with E-state index in [0.717, 1.165) is 40.7 Å². The lowest BCUT2D eigenvalue weighted by molar-refractivity contribution is 0.295. The highest BCUT2D eigenvalue weighted by atomic mass is 32.1. The van der Waals surface area contributed by atoms with E-state index in [1.54, 1.807) is 29.3 Å². The third kappa shape index (κ3) is 2.92. The molecule has 27 heavy (non-hydrogen) atoms. The fraction of sp³-hybridized carbons (Fsp3) is 0.350. The summed E-state index contributed by atoms with van der Waals surface area (Å²) in [5.41, 5.74) is 2.31. The second-order valence-corrected chi connectivity index (χ2v) is 8.12. The summed E-state index contributed by atoms with van der Waals surface area (Å²) < 4.78 is 12.8. The minimum absolute atomic E-state index is 0.318. The first-order chi connectivity index (χ1) is 13.2. The molecule has 138 valence electrons. The van der Waals surface area contributed by atoms with Gasteiger partial charge in [-0.15, -0.1) is 16.4 Å². The molecule has 0 fully saturated rings. The molecule has 0 N–H and O–H groups in total. The average Bonchev–Trinajstić information content (AvgIpc) is 3.26. The number of aryl methyl sites for hydroxylation is 1. The van der Waals surface area contributed by atoms with Gasteiger partial charge in [0, 0.05) is 4.88 Å². The first-order valence-electron chi connectivity index (χ1n) is 9.12. The van der Waals surface area contributed by atoms with Crippen LogP contribution in [0.5, 0.6) is 11.5 Å². The Morgan fingerprint density at radius 2 is 2.04 bits per heavy atom. The van der Waals surface area contributed by atoms with Crippen molar-refractivity contribution in [2.24, 2.45) is 5.92 Å². The van der Waals surface area contributed by atoms with Gasteiger partial charge in [0.25, 0.3) is 0 Å². The summed E-state index contributed by atoms with van der Waals surface area (Å²) in [6.45, 7) is 2.64. The van der Waals surface area contributed by atoms with Crippen molar-refractivity contribution in [1.29, 1.82) is 0 Å². The first-order valence-corrected chi connectivity index (χ1v) is 9.94. The molecule has 0 aliphatic heterocycles. The van der Waals surface area contributed by atoms with E-state index >= 15 is 0 Å². The van der Waals surface area contributed by atoms with Gasteiger partial charge in [-0.2, -0.15) is 0 Å². The van der Waals surface area contributed by atoms with E-state index in [0.29, 0.717) is 12.4 Å². The Hall–Kier alpha value is -2.67. The molecule has 0 amide bonds. The molecule has 1 atom stereocenters. The Morgan fingerprint density at radius 3 is 2.85 bits per heavy atom. The number of nitrogens with zero attached hydrogens (tertiary/aromatic N) is 4. The molecular formula is C20H20N4O2S. The Balaban J connectivity index is 1.46. The van der Waals surface area contributed by atoms with Crippen molar-refractivity contribution >= 4 is 27.2 Å². The van der Waals surface area contributed by atoms with Crippen LogP contribution in [0.15, 0.2) is 30.6 Å². The van der Waals surface area contributed by atoms with E-state index in [1.165, 1.54) is 22.2 Å². The number of rotatable bonds is 4. The van der Waals surface area contributed by atoms with Gasteiger partial charge in [-0.3, -0.25) is 0 Å². The van der Waals surface area contributed by atoms with E-state index in [9.17, 15) is 0 Å². The van der Waals surface area contributed by atoms with E-state index in [1.807, 2.05) is 24.3 Å². The zero-order chi connectivity index (χ0) is 18.4. The number of methoxy groups -OCH3 is 1. The summed E-state index contributed by atoms with van der Waals surface area (Å²) in [5.74, 6) is 2.97. The van der Waals surface area contributed by atoms with Crippen LogP contribution in [-0.4, -0.2) is 26.7 Å². The van der Waals surface area contributed by atoms with Crippen LogP contribution >= 0.6 is 11.3 Å². The molecule has 4 aromatic rings. The number of benzene rings is 1. The smallest absolute Gasteiger partial charge is 0.189 e. The molecule has 5 rings (SSSR count). The summed E-state index contributed by atoms with van der Waals surface area (Å²) in [4.78, 5) is 11.9. The number of thiophene rings is 1. The topological polar surface area (TPSA) is 61.5 Å². The van der Waals surface area contributed by atoms with E-state index in [-0.39, 0.29) is 0 Å². The molecule has 3 heterocycles. The summed E-state index contributed by atoms with van der Waals surface area (Å²) in [6, 6.07) is 7.51. The van der Waals surface area contributed by atoms with Gasteiger partial charge in [-0.25, -0.2) is 14.5 Å². The van der Waals surface area contributed by atoms with Crippen molar-refractivity contribution in [1.82, 2.24) is 19.6 Å². The van der Waals surface area contributed by atoms with Crippen LogP contribution in [0.1, 0.15) is 29.6 Å². The maximum Gasteiger partial charge on any atom is 0.189 e. The quantitative estimate of drug-likeness (QED) is 0.534. The van der Waals surface area contributed by atoms with Gasteiger partial charge >= 0.3 is 0 Å². The molecular weight excluding hydrogens is 360 g/mol. The molecule has 0 saturated heterocycles. The molecule has 0 bridgehead atoms. The molecule has 1 aromatic carbocycles. The molecule has 3 aromatic heterocycles. The minimum atomic E-state index is 0.318. The predicted molar refractivity (Wildman–Crippen MR) is 105 cm³/mol. The van der Waals surface area contributed by atoms with E-state index < -0.39 is 0 Å². The number of ether oxygens (including phenoxy) is 2. The summed E-state index contributed by atoms with van der Waals surface area (Å²) in [7, 11) is 1.65. The summed E-state index contributed by atoms with van der Waals surface area (Å²) in [5, 5.41) is 5.73. The van der Waals surface area contributed by atoms with Gasteiger partial charge in [-0.1, -0.05) is 6.92 Å². The van der Waals surface area contributed by atoms with Gasteiger partial charge < -0.3 is 9.47 Å². The maximum atomic E-state index is 5.83. The fourth-order valence-electron chi connectivity index (χ4n) is 3.66. The first kappa shape index (κ1) is 16.5. The Morgan fingerprint density at radius 1 is 1.22 bits per heavy atom. The second kappa shape index (κ2) is 6.49. The van der Waals surface area contributed by atoms with Crippen molar-refractivity contribution in [3.63, 3.8) is 0 Å². The van der Waals surface area contributed by atoms with Crippen molar-refractivity contribution in [2.45, 2.75) is 32.8 Å². The molecule has 0 unspecified atom stereocenters. The number of hydrogen-bond donors (Lipinski definition) is 0. The predicted octanol–water partition coefficient (Wildman–Crippen LogP) is 4.05. The van der Waals surface area contributed by atoms with Crippen LogP contribution < -0.4 is 9.47 Å². The molecule has 0 saturated carbocycles. The van der Waals surface area contributed by atoms with Crippen LogP contribution in [0, 0.1) is 5.92 Å². The lowest BCUT2D eigenvalue weighted by Gasteiger charge is -2.17. The monoisotopic (exact) mass is 380 g/mol. The zero-order valence-corrected chi connectivity index (χ0v) is 16.1. The van der Waals surface area contributed by atoms with Crippen LogP contribution in [0.2, 0.25) is 0 Å². The van der Waals surface area contributed by atoms with Crippen molar-refractivity contribution in [2.75, 3.05) is 7.11 Å². The van der Waals surface area contributed by atoms with Crippen LogP contribution in [-0.2, 0) is 19.4 Å². The van der Waals surface area contributed by atoms with Crippen LogP contribution in [0.3, 0.4) is 0 Å².